The van der Waals surface area contributed by atoms with Crippen LogP contribution in [0.3, 0.4) is 0 Å². The molecule has 2 N–H and O–H groups in total. The molecule has 2 aliphatic heterocycles. The van der Waals surface area contributed by atoms with E-state index in [2.05, 4.69) is 31.4 Å². The van der Waals surface area contributed by atoms with Crippen LogP contribution in [0.4, 0.5) is 4.79 Å². The van der Waals surface area contributed by atoms with Gasteiger partial charge in [0.05, 0.1) is 0 Å². The summed E-state index contributed by atoms with van der Waals surface area (Å²) < 4.78 is 0. The Morgan fingerprint density at radius 2 is 1.85 bits per heavy atom. The van der Waals surface area contributed by atoms with Gasteiger partial charge >= 0.3 is 6.03 Å². The summed E-state index contributed by atoms with van der Waals surface area (Å²) in [6.45, 7) is 10.5. The quantitative estimate of drug-likeness (QED) is 0.692. The maximum absolute atomic E-state index is 13.0. The zero-order valence-corrected chi connectivity index (χ0v) is 17.7. The lowest BCUT2D eigenvalue weighted by molar-refractivity contribution is -0.140. The molecule has 8 heteroatoms. The van der Waals surface area contributed by atoms with Gasteiger partial charge in [0, 0.05) is 25.7 Å². The summed E-state index contributed by atoms with van der Waals surface area (Å²) in [6, 6.07) is -0.185. The summed E-state index contributed by atoms with van der Waals surface area (Å²) in [5.41, 5.74) is -0.586. The average molecular weight is 401 g/mol. The van der Waals surface area contributed by atoms with E-state index in [0.717, 1.165) is 24.3 Å². The number of nitrogens with one attached hydrogen (secondary N) is 2. The van der Waals surface area contributed by atoms with E-state index < -0.39 is 11.6 Å². The minimum atomic E-state index is -0.796. The van der Waals surface area contributed by atoms with Crippen molar-refractivity contribution in [1.82, 2.24) is 20.4 Å². The molecule has 3 rings (SSSR count). The van der Waals surface area contributed by atoms with Gasteiger partial charge in [-0.1, -0.05) is 20.8 Å². The summed E-state index contributed by atoms with van der Waals surface area (Å²) in [5, 5.41) is 6.20. The fourth-order valence-electron chi connectivity index (χ4n) is 4.53. The second kappa shape index (κ2) is 7.95. The molecule has 7 nitrogen and oxygen atoms in total. The van der Waals surface area contributed by atoms with Crippen LogP contribution in [0.5, 0.6) is 0 Å². The number of piperazine rings is 1. The lowest BCUT2D eigenvalue weighted by atomic mass is 9.67. The smallest absolute Gasteiger partial charge is 0.325 e. The van der Waals surface area contributed by atoms with E-state index in [9.17, 15) is 14.4 Å². The van der Waals surface area contributed by atoms with Crippen LogP contribution in [0.2, 0.25) is 0 Å². The van der Waals surface area contributed by atoms with Crippen molar-refractivity contribution in [3.63, 3.8) is 0 Å². The fourth-order valence-corrected chi connectivity index (χ4v) is 4.53. The summed E-state index contributed by atoms with van der Waals surface area (Å²) in [6.07, 6.45) is 3.17. The monoisotopic (exact) mass is 400 g/mol. The van der Waals surface area contributed by atoms with E-state index >= 15 is 0 Å². The number of imide groups is 1. The molecular weight excluding hydrogens is 368 g/mol. The normalized spacial score (nSPS) is 31.7. The predicted octanol–water partition coefficient (Wildman–Crippen LogP) is 1.76. The van der Waals surface area contributed by atoms with Crippen molar-refractivity contribution in [2.24, 2.45) is 11.3 Å². The van der Waals surface area contributed by atoms with E-state index in [1.807, 2.05) is 6.92 Å². The number of nitrogens with zero attached hydrogens (tertiary/aromatic N) is 2. The number of amides is 4. The van der Waals surface area contributed by atoms with Crippen molar-refractivity contribution in [3.8, 4) is 0 Å². The first-order valence-electron chi connectivity index (χ1n) is 9.78. The molecule has 154 valence electrons. The molecule has 1 unspecified atom stereocenters. The molecule has 1 aliphatic carbocycles. The zero-order valence-electron chi connectivity index (χ0n) is 16.8. The van der Waals surface area contributed by atoms with Gasteiger partial charge in [-0.3, -0.25) is 14.5 Å². The van der Waals surface area contributed by atoms with Crippen molar-refractivity contribution in [1.29, 1.82) is 0 Å². The van der Waals surface area contributed by atoms with Gasteiger partial charge in [0.25, 0.3) is 5.91 Å². The molecule has 0 radical (unpaired) electrons. The standard InChI is InChI=1S/C19H32N4O3.ClH/c1-13-11-22(10-9-20-13)15(24)12-23-16(25)19(21-17(23)26)7-5-14(6-8-19)18(2,3)4;/h13-14,20H,5-12H2,1-4H3,(H,21,26);1H. The summed E-state index contributed by atoms with van der Waals surface area (Å²) in [7, 11) is 0. The SMILES string of the molecule is CC1CN(C(=O)CN2C(=O)NC3(CCC(C(C)(C)C)CC3)C2=O)CCN1.Cl. The van der Waals surface area contributed by atoms with Gasteiger partial charge in [0.2, 0.25) is 5.91 Å². The Bertz CT molecular complexity index is 596. The number of carbonyl (C=O) groups is 3. The molecule has 1 saturated carbocycles. The maximum Gasteiger partial charge on any atom is 0.325 e. The van der Waals surface area contributed by atoms with Crippen LogP contribution in [0.25, 0.3) is 0 Å². The molecule has 0 bridgehead atoms. The Kier molecular flexibility index (Phi) is 6.47. The first-order valence-corrected chi connectivity index (χ1v) is 9.78. The Labute approximate surface area is 168 Å². The number of urea groups is 1. The van der Waals surface area contributed by atoms with Crippen molar-refractivity contribution in [2.75, 3.05) is 26.2 Å². The summed E-state index contributed by atoms with van der Waals surface area (Å²) in [4.78, 5) is 40.9. The van der Waals surface area contributed by atoms with E-state index in [-0.39, 0.29) is 42.2 Å². The number of halogens is 1. The second-order valence-corrected chi connectivity index (χ2v) is 9.24. The van der Waals surface area contributed by atoms with Crippen LogP contribution >= 0.6 is 12.4 Å². The van der Waals surface area contributed by atoms with Gasteiger partial charge in [0.15, 0.2) is 0 Å². The molecule has 3 aliphatic rings. The number of hydrogen-bond acceptors (Lipinski definition) is 4. The number of rotatable bonds is 2. The Balaban J connectivity index is 0.00000261. The van der Waals surface area contributed by atoms with Crippen molar-refractivity contribution in [2.45, 2.75) is 65.0 Å². The zero-order chi connectivity index (χ0) is 19.1. The van der Waals surface area contributed by atoms with Crippen LogP contribution in [-0.4, -0.2) is 65.4 Å². The van der Waals surface area contributed by atoms with E-state index in [4.69, 9.17) is 0 Å². The van der Waals surface area contributed by atoms with Crippen molar-refractivity contribution >= 4 is 30.3 Å². The minimum Gasteiger partial charge on any atom is -0.338 e. The average Bonchev–Trinajstić information content (AvgIpc) is 2.78. The van der Waals surface area contributed by atoms with Crippen molar-refractivity contribution in [3.05, 3.63) is 0 Å². The highest BCUT2D eigenvalue weighted by Crippen LogP contribution is 2.43. The van der Waals surface area contributed by atoms with Crippen LogP contribution < -0.4 is 10.6 Å². The number of carbonyl (C=O) groups excluding carboxylic acids is 3. The Morgan fingerprint density at radius 1 is 1.22 bits per heavy atom. The minimum absolute atomic E-state index is 0. The molecule has 3 fully saturated rings. The van der Waals surface area contributed by atoms with Gasteiger partial charge in [-0.15, -0.1) is 12.4 Å². The lowest BCUT2D eigenvalue weighted by Gasteiger charge is -2.40. The lowest BCUT2D eigenvalue weighted by Crippen LogP contribution is -2.54. The maximum atomic E-state index is 13.0. The van der Waals surface area contributed by atoms with Gasteiger partial charge in [-0.2, -0.15) is 0 Å². The van der Waals surface area contributed by atoms with Crippen LogP contribution in [0.15, 0.2) is 0 Å². The van der Waals surface area contributed by atoms with Crippen LogP contribution in [-0.2, 0) is 9.59 Å². The Morgan fingerprint density at radius 3 is 2.41 bits per heavy atom. The second-order valence-electron chi connectivity index (χ2n) is 9.24. The summed E-state index contributed by atoms with van der Waals surface area (Å²) >= 11 is 0. The highest BCUT2D eigenvalue weighted by molar-refractivity contribution is 6.09. The highest BCUT2D eigenvalue weighted by atomic mass is 35.5. The van der Waals surface area contributed by atoms with Crippen LogP contribution in [0, 0.1) is 11.3 Å². The number of hydrogen-bond donors (Lipinski definition) is 2. The molecule has 0 aromatic carbocycles. The molecule has 0 aromatic rings. The first-order chi connectivity index (χ1) is 12.1. The first kappa shape index (κ1) is 22.0. The van der Waals surface area contributed by atoms with E-state index in [1.165, 1.54) is 0 Å². The molecule has 27 heavy (non-hydrogen) atoms. The molecular formula is C19H33ClN4O3. The third kappa shape index (κ3) is 4.40. The predicted molar refractivity (Wildman–Crippen MR) is 106 cm³/mol. The van der Waals surface area contributed by atoms with E-state index in [1.54, 1.807) is 4.90 Å². The van der Waals surface area contributed by atoms with Gasteiger partial charge in [-0.25, -0.2) is 4.79 Å². The van der Waals surface area contributed by atoms with Crippen molar-refractivity contribution < 1.29 is 14.4 Å². The van der Waals surface area contributed by atoms with Gasteiger partial charge in [-0.05, 0) is 43.9 Å². The third-order valence-electron chi connectivity index (χ3n) is 6.32. The topological polar surface area (TPSA) is 81.8 Å². The molecule has 1 atom stereocenters. The molecule has 2 heterocycles. The molecule has 4 amide bonds. The third-order valence-corrected chi connectivity index (χ3v) is 6.32. The Hall–Kier alpha value is -1.34. The van der Waals surface area contributed by atoms with Gasteiger partial charge < -0.3 is 15.5 Å². The van der Waals surface area contributed by atoms with Gasteiger partial charge in [0.1, 0.15) is 12.1 Å². The fraction of sp³-hybridized carbons (Fsp3) is 0.842. The molecule has 2 saturated heterocycles. The molecule has 1 spiro atoms. The largest absolute Gasteiger partial charge is 0.338 e. The highest BCUT2D eigenvalue weighted by Gasteiger charge is 2.53. The summed E-state index contributed by atoms with van der Waals surface area (Å²) in [5.74, 6) is 0.185. The van der Waals surface area contributed by atoms with Crippen LogP contribution in [0.1, 0.15) is 53.4 Å². The molecule has 0 aromatic heterocycles. The van der Waals surface area contributed by atoms with E-state index in [0.29, 0.717) is 31.8 Å².